The average Bonchev–Trinajstić information content (AvgIpc) is 2.78. The Morgan fingerprint density at radius 1 is 1.53 bits per heavy atom. The highest BCUT2D eigenvalue weighted by molar-refractivity contribution is 5.23. The van der Waals surface area contributed by atoms with Crippen LogP contribution in [-0.4, -0.2) is 28.1 Å². The summed E-state index contributed by atoms with van der Waals surface area (Å²) in [4.78, 5) is 0. The number of aliphatic hydroxyl groups is 1. The summed E-state index contributed by atoms with van der Waals surface area (Å²) in [6, 6.07) is 0. The average molecular weight is 210 g/mol. The molecule has 1 N–H and O–H groups in total. The van der Waals surface area contributed by atoms with Crippen molar-refractivity contribution in [3.8, 4) is 0 Å². The molecular formula is C11H18N2O2. The van der Waals surface area contributed by atoms with E-state index in [1.54, 1.807) is 0 Å². The molecule has 1 aromatic rings. The predicted octanol–water partition coefficient (Wildman–Crippen LogP) is 1.03. The second kappa shape index (κ2) is 4.33. The van der Waals surface area contributed by atoms with Gasteiger partial charge in [-0.15, -0.1) is 0 Å². The van der Waals surface area contributed by atoms with Crippen LogP contribution in [0.2, 0.25) is 0 Å². The van der Waals surface area contributed by atoms with Crippen LogP contribution in [0, 0.1) is 19.8 Å². The van der Waals surface area contributed by atoms with E-state index in [2.05, 4.69) is 5.10 Å². The maximum atomic E-state index is 9.20. The van der Waals surface area contributed by atoms with Gasteiger partial charge in [-0.2, -0.15) is 5.10 Å². The first-order valence-electron chi connectivity index (χ1n) is 5.44. The number of hydrogen-bond donors (Lipinski definition) is 1. The van der Waals surface area contributed by atoms with Crippen LogP contribution >= 0.6 is 0 Å². The Bertz CT molecular complexity index is 341. The summed E-state index contributed by atoms with van der Waals surface area (Å²) < 4.78 is 7.34. The number of aryl methyl sites for hydroxylation is 1. The van der Waals surface area contributed by atoms with Gasteiger partial charge in [0.2, 0.25) is 0 Å². The standard InChI is InChI=1S/C11H18N2O2/c1-8-11(6-14)9(2)13(12-8)5-10-3-4-15-7-10/h10,14H,3-7H2,1-2H3. The quantitative estimate of drug-likeness (QED) is 0.810. The third-order valence-electron chi connectivity index (χ3n) is 3.14. The van der Waals surface area contributed by atoms with E-state index in [1.165, 1.54) is 0 Å². The SMILES string of the molecule is Cc1nn(CC2CCOC2)c(C)c1CO. The number of hydrogen-bond acceptors (Lipinski definition) is 3. The van der Waals surface area contributed by atoms with Crippen molar-refractivity contribution in [1.29, 1.82) is 0 Å². The number of aromatic nitrogens is 2. The number of ether oxygens (including phenoxy) is 1. The lowest BCUT2D eigenvalue weighted by Gasteiger charge is -2.09. The first kappa shape index (κ1) is 10.6. The molecule has 4 nitrogen and oxygen atoms in total. The number of aliphatic hydroxyl groups excluding tert-OH is 1. The molecule has 0 aliphatic carbocycles. The Morgan fingerprint density at radius 2 is 2.33 bits per heavy atom. The van der Waals surface area contributed by atoms with Gasteiger partial charge in [0.1, 0.15) is 0 Å². The van der Waals surface area contributed by atoms with Crippen LogP contribution in [-0.2, 0) is 17.9 Å². The van der Waals surface area contributed by atoms with Gasteiger partial charge in [-0.05, 0) is 20.3 Å². The normalized spacial score (nSPS) is 21.1. The molecule has 15 heavy (non-hydrogen) atoms. The molecule has 0 aromatic carbocycles. The van der Waals surface area contributed by atoms with E-state index in [0.29, 0.717) is 5.92 Å². The van der Waals surface area contributed by atoms with Crippen LogP contribution in [0.4, 0.5) is 0 Å². The highest BCUT2D eigenvalue weighted by atomic mass is 16.5. The lowest BCUT2D eigenvalue weighted by molar-refractivity contribution is 0.181. The summed E-state index contributed by atoms with van der Waals surface area (Å²) in [5.41, 5.74) is 2.99. The van der Waals surface area contributed by atoms with Gasteiger partial charge < -0.3 is 9.84 Å². The summed E-state index contributed by atoms with van der Waals surface area (Å²) >= 11 is 0. The monoisotopic (exact) mass is 210 g/mol. The first-order chi connectivity index (χ1) is 7.22. The smallest absolute Gasteiger partial charge is 0.0718 e. The summed E-state index contributed by atoms with van der Waals surface area (Å²) in [7, 11) is 0. The van der Waals surface area contributed by atoms with Crippen LogP contribution in [0.25, 0.3) is 0 Å². The van der Waals surface area contributed by atoms with Crippen LogP contribution in [0.1, 0.15) is 23.4 Å². The second-order valence-corrected chi connectivity index (χ2v) is 4.22. The molecule has 1 aromatic heterocycles. The molecule has 1 atom stereocenters. The fourth-order valence-electron chi connectivity index (χ4n) is 2.11. The Labute approximate surface area is 89.9 Å². The lowest BCUT2D eigenvalue weighted by atomic mass is 10.1. The summed E-state index contributed by atoms with van der Waals surface area (Å²) in [5.74, 6) is 0.578. The van der Waals surface area contributed by atoms with Crippen molar-refractivity contribution in [3.63, 3.8) is 0 Å². The molecule has 0 radical (unpaired) electrons. The molecule has 0 spiro atoms. The van der Waals surface area contributed by atoms with Gasteiger partial charge in [0.15, 0.2) is 0 Å². The molecule has 4 heteroatoms. The second-order valence-electron chi connectivity index (χ2n) is 4.22. The molecule has 1 unspecified atom stereocenters. The molecule has 1 aliphatic rings. The molecule has 84 valence electrons. The molecule has 0 bridgehead atoms. The van der Waals surface area contributed by atoms with Crippen molar-refractivity contribution in [2.45, 2.75) is 33.4 Å². The van der Waals surface area contributed by atoms with E-state index in [9.17, 15) is 5.11 Å². The molecule has 1 saturated heterocycles. The van der Waals surface area contributed by atoms with Gasteiger partial charge >= 0.3 is 0 Å². The van der Waals surface area contributed by atoms with Crippen molar-refractivity contribution >= 4 is 0 Å². The molecule has 1 fully saturated rings. The third-order valence-corrected chi connectivity index (χ3v) is 3.14. The van der Waals surface area contributed by atoms with E-state index in [4.69, 9.17) is 4.74 Å². The zero-order valence-electron chi connectivity index (χ0n) is 9.36. The van der Waals surface area contributed by atoms with E-state index in [0.717, 1.165) is 43.1 Å². The molecule has 1 aliphatic heterocycles. The van der Waals surface area contributed by atoms with Crippen molar-refractivity contribution in [3.05, 3.63) is 17.0 Å². The highest BCUT2D eigenvalue weighted by Crippen LogP contribution is 2.18. The molecule has 0 amide bonds. The first-order valence-corrected chi connectivity index (χ1v) is 5.44. The van der Waals surface area contributed by atoms with Crippen molar-refractivity contribution in [2.75, 3.05) is 13.2 Å². The molecule has 2 rings (SSSR count). The van der Waals surface area contributed by atoms with Crippen LogP contribution in [0.15, 0.2) is 0 Å². The fraction of sp³-hybridized carbons (Fsp3) is 0.727. The van der Waals surface area contributed by atoms with E-state index < -0.39 is 0 Å². The zero-order chi connectivity index (χ0) is 10.8. The Balaban J connectivity index is 2.13. The number of rotatable bonds is 3. The maximum absolute atomic E-state index is 9.20. The van der Waals surface area contributed by atoms with Gasteiger partial charge in [-0.1, -0.05) is 0 Å². The minimum atomic E-state index is 0.0822. The van der Waals surface area contributed by atoms with Crippen LogP contribution in [0.3, 0.4) is 0 Å². The van der Waals surface area contributed by atoms with Gasteiger partial charge in [-0.3, -0.25) is 4.68 Å². The minimum Gasteiger partial charge on any atom is -0.392 e. The van der Waals surface area contributed by atoms with Crippen molar-refractivity contribution in [1.82, 2.24) is 9.78 Å². The third kappa shape index (κ3) is 2.06. The Kier molecular flexibility index (Phi) is 3.07. The van der Waals surface area contributed by atoms with Gasteiger partial charge in [0, 0.05) is 30.3 Å². The highest BCUT2D eigenvalue weighted by Gasteiger charge is 2.19. The maximum Gasteiger partial charge on any atom is 0.0718 e. The Morgan fingerprint density at radius 3 is 2.87 bits per heavy atom. The van der Waals surface area contributed by atoms with E-state index >= 15 is 0 Å². The van der Waals surface area contributed by atoms with Crippen molar-refractivity contribution in [2.24, 2.45) is 5.92 Å². The summed E-state index contributed by atoms with van der Waals surface area (Å²) in [6.07, 6.45) is 1.12. The Hall–Kier alpha value is -0.870. The summed E-state index contributed by atoms with van der Waals surface area (Å²) in [5, 5.41) is 13.6. The van der Waals surface area contributed by atoms with Gasteiger partial charge in [0.05, 0.1) is 18.9 Å². The van der Waals surface area contributed by atoms with Crippen LogP contribution in [0.5, 0.6) is 0 Å². The topological polar surface area (TPSA) is 47.3 Å². The van der Waals surface area contributed by atoms with Crippen molar-refractivity contribution < 1.29 is 9.84 Å². The molecule has 2 heterocycles. The van der Waals surface area contributed by atoms with Gasteiger partial charge in [-0.25, -0.2) is 0 Å². The zero-order valence-corrected chi connectivity index (χ0v) is 9.36. The largest absolute Gasteiger partial charge is 0.392 e. The lowest BCUT2D eigenvalue weighted by Crippen LogP contribution is -2.13. The van der Waals surface area contributed by atoms with E-state index in [-0.39, 0.29) is 6.61 Å². The van der Waals surface area contributed by atoms with Crippen LogP contribution < -0.4 is 0 Å². The molecular weight excluding hydrogens is 192 g/mol. The fourth-order valence-corrected chi connectivity index (χ4v) is 2.11. The minimum absolute atomic E-state index is 0.0822. The predicted molar refractivity (Wildman–Crippen MR) is 56.5 cm³/mol. The summed E-state index contributed by atoms with van der Waals surface area (Å²) in [6.45, 7) is 6.66. The number of nitrogens with zero attached hydrogens (tertiary/aromatic N) is 2. The molecule has 0 saturated carbocycles. The van der Waals surface area contributed by atoms with E-state index in [1.807, 2.05) is 18.5 Å². The van der Waals surface area contributed by atoms with Gasteiger partial charge in [0.25, 0.3) is 0 Å².